The smallest absolute Gasteiger partial charge is 0.00949 e. The van der Waals surface area contributed by atoms with Crippen LogP contribution in [0.1, 0.15) is 19.4 Å². The molecule has 0 saturated carbocycles. The minimum atomic E-state index is 0.353. The minimum Gasteiger partial charge on any atom is -0.305 e. The van der Waals surface area contributed by atoms with Crippen LogP contribution in [-0.4, -0.2) is 30.4 Å². The van der Waals surface area contributed by atoms with Crippen molar-refractivity contribution in [2.75, 3.05) is 25.5 Å². The van der Waals surface area contributed by atoms with Gasteiger partial charge in [-0.25, -0.2) is 0 Å². The Kier molecular flexibility index (Phi) is 5.50. The molecule has 0 aliphatic rings. The first-order valence-corrected chi connectivity index (χ1v) is 6.94. The summed E-state index contributed by atoms with van der Waals surface area (Å²) in [6, 6.07) is 10.7. The monoisotopic (exact) mass is 283 g/mol. The van der Waals surface area contributed by atoms with Crippen LogP contribution in [-0.2, 0) is 6.42 Å². The molecule has 0 heterocycles. The Hall–Kier alpha value is -0.340. The highest BCUT2D eigenvalue weighted by Gasteiger charge is 2.18. The van der Waals surface area contributed by atoms with Gasteiger partial charge in [0.1, 0.15) is 0 Å². The molecule has 16 heavy (non-hydrogen) atoms. The molecule has 1 aromatic rings. The lowest BCUT2D eigenvalue weighted by Gasteiger charge is -2.28. The fourth-order valence-electron chi connectivity index (χ4n) is 1.82. The van der Waals surface area contributed by atoms with E-state index in [-0.39, 0.29) is 0 Å². The molecule has 90 valence electrons. The number of halogens is 1. The molecule has 0 radical (unpaired) electrons. The number of alkyl halides is 1. The average Bonchev–Trinajstić information content (AvgIpc) is 2.27. The number of hydrogen-bond donors (Lipinski definition) is 0. The molecule has 0 unspecified atom stereocenters. The summed E-state index contributed by atoms with van der Waals surface area (Å²) >= 11 is 3.57. The maximum atomic E-state index is 3.57. The standard InChI is InChI=1S/C14H22BrN/c1-14(2,11-15)12-16(3)10-9-13-7-5-4-6-8-13/h4-8H,9-12H2,1-3H3. The second-order valence-corrected chi connectivity index (χ2v) is 5.83. The second kappa shape index (κ2) is 6.41. The van der Waals surface area contributed by atoms with Crippen molar-refractivity contribution in [1.29, 1.82) is 0 Å². The van der Waals surface area contributed by atoms with E-state index in [0.717, 1.165) is 24.8 Å². The van der Waals surface area contributed by atoms with Gasteiger partial charge in [-0.1, -0.05) is 60.1 Å². The SMILES string of the molecule is CN(CCc1ccccc1)CC(C)(C)CBr. The van der Waals surface area contributed by atoms with Gasteiger partial charge in [-0.3, -0.25) is 0 Å². The van der Waals surface area contributed by atoms with Gasteiger partial charge in [-0.05, 0) is 24.4 Å². The zero-order valence-electron chi connectivity index (χ0n) is 10.5. The van der Waals surface area contributed by atoms with E-state index in [4.69, 9.17) is 0 Å². The third-order valence-corrected chi connectivity index (χ3v) is 4.20. The van der Waals surface area contributed by atoms with Gasteiger partial charge < -0.3 is 4.90 Å². The van der Waals surface area contributed by atoms with Gasteiger partial charge in [0.2, 0.25) is 0 Å². The predicted octanol–water partition coefficient (Wildman–Crippen LogP) is 3.58. The molecule has 2 heteroatoms. The zero-order chi connectivity index (χ0) is 12.0. The van der Waals surface area contributed by atoms with Crippen LogP contribution in [0.15, 0.2) is 30.3 Å². The van der Waals surface area contributed by atoms with E-state index < -0.39 is 0 Å². The van der Waals surface area contributed by atoms with E-state index in [1.807, 2.05) is 0 Å². The minimum absolute atomic E-state index is 0.353. The van der Waals surface area contributed by atoms with Gasteiger partial charge in [0.05, 0.1) is 0 Å². The number of benzene rings is 1. The normalized spacial score (nSPS) is 12.1. The fourth-order valence-corrected chi connectivity index (χ4v) is 1.99. The van der Waals surface area contributed by atoms with Crippen molar-refractivity contribution in [3.63, 3.8) is 0 Å². The van der Waals surface area contributed by atoms with Crippen molar-refractivity contribution in [2.24, 2.45) is 5.41 Å². The van der Waals surface area contributed by atoms with Gasteiger partial charge in [-0.2, -0.15) is 0 Å². The lowest BCUT2D eigenvalue weighted by molar-refractivity contribution is 0.234. The zero-order valence-corrected chi connectivity index (χ0v) is 12.1. The van der Waals surface area contributed by atoms with Crippen molar-refractivity contribution < 1.29 is 0 Å². The van der Waals surface area contributed by atoms with Crippen molar-refractivity contribution in [2.45, 2.75) is 20.3 Å². The van der Waals surface area contributed by atoms with Gasteiger partial charge in [0.15, 0.2) is 0 Å². The summed E-state index contributed by atoms with van der Waals surface area (Å²) < 4.78 is 0. The van der Waals surface area contributed by atoms with Crippen LogP contribution in [0.2, 0.25) is 0 Å². The molecule has 0 saturated heterocycles. The largest absolute Gasteiger partial charge is 0.305 e. The highest BCUT2D eigenvalue weighted by molar-refractivity contribution is 9.09. The van der Waals surface area contributed by atoms with Crippen molar-refractivity contribution in [3.8, 4) is 0 Å². The molecule has 1 nitrogen and oxygen atoms in total. The van der Waals surface area contributed by atoms with E-state index >= 15 is 0 Å². The third-order valence-electron chi connectivity index (χ3n) is 2.68. The Morgan fingerprint density at radius 1 is 1.19 bits per heavy atom. The molecule has 1 rings (SSSR count). The van der Waals surface area contributed by atoms with Gasteiger partial charge in [0.25, 0.3) is 0 Å². The first-order valence-electron chi connectivity index (χ1n) is 5.82. The van der Waals surface area contributed by atoms with E-state index in [9.17, 15) is 0 Å². The maximum Gasteiger partial charge on any atom is 0.00949 e. The Morgan fingerprint density at radius 2 is 1.81 bits per heavy atom. The first-order chi connectivity index (χ1) is 7.53. The number of likely N-dealkylation sites (N-methyl/N-ethyl adjacent to an activating group) is 1. The summed E-state index contributed by atoms with van der Waals surface area (Å²) in [6.45, 7) is 6.84. The van der Waals surface area contributed by atoms with Crippen LogP contribution in [0.25, 0.3) is 0 Å². The van der Waals surface area contributed by atoms with Crippen LogP contribution in [0.4, 0.5) is 0 Å². The molecular weight excluding hydrogens is 262 g/mol. The average molecular weight is 284 g/mol. The summed E-state index contributed by atoms with van der Waals surface area (Å²) in [5, 5.41) is 1.05. The van der Waals surface area contributed by atoms with E-state index in [1.54, 1.807) is 0 Å². The second-order valence-electron chi connectivity index (χ2n) is 5.27. The lowest BCUT2D eigenvalue weighted by atomic mass is 9.96. The Morgan fingerprint density at radius 3 is 2.38 bits per heavy atom. The van der Waals surface area contributed by atoms with E-state index in [2.05, 4.69) is 72.1 Å². The van der Waals surface area contributed by atoms with Crippen molar-refractivity contribution in [1.82, 2.24) is 4.90 Å². The highest BCUT2D eigenvalue weighted by atomic mass is 79.9. The summed E-state index contributed by atoms with van der Waals surface area (Å²) in [6.07, 6.45) is 1.13. The maximum absolute atomic E-state index is 3.57. The van der Waals surface area contributed by atoms with E-state index in [1.165, 1.54) is 5.56 Å². The summed E-state index contributed by atoms with van der Waals surface area (Å²) in [5.41, 5.74) is 1.77. The molecule has 0 fully saturated rings. The van der Waals surface area contributed by atoms with Crippen LogP contribution < -0.4 is 0 Å². The predicted molar refractivity (Wildman–Crippen MR) is 75.2 cm³/mol. The molecule has 0 aliphatic heterocycles. The number of rotatable bonds is 6. The first kappa shape index (κ1) is 13.7. The summed E-state index contributed by atoms with van der Waals surface area (Å²) in [7, 11) is 2.20. The van der Waals surface area contributed by atoms with Crippen LogP contribution >= 0.6 is 15.9 Å². The molecular formula is C14H22BrN. The molecule has 0 amide bonds. The van der Waals surface area contributed by atoms with Crippen molar-refractivity contribution >= 4 is 15.9 Å². The summed E-state index contributed by atoms with van der Waals surface area (Å²) in [5.74, 6) is 0. The van der Waals surface area contributed by atoms with Gasteiger partial charge >= 0.3 is 0 Å². The van der Waals surface area contributed by atoms with Crippen LogP contribution in [0.3, 0.4) is 0 Å². The van der Waals surface area contributed by atoms with Crippen LogP contribution in [0.5, 0.6) is 0 Å². The van der Waals surface area contributed by atoms with Gasteiger partial charge in [0, 0.05) is 18.4 Å². The quantitative estimate of drug-likeness (QED) is 0.722. The Labute approximate surface area is 108 Å². The molecule has 0 atom stereocenters. The molecule has 1 aromatic carbocycles. The van der Waals surface area contributed by atoms with Gasteiger partial charge in [-0.15, -0.1) is 0 Å². The molecule has 0 N–H and O–H groups in total. The Balaban J connectivity index is 2.33. The van der Waals surface area contributed by atoms with E-state index in [0.29, 0.717) is 5.41 Å². The molecule has 0 bridgehead atoms. The topological polar surface area (TPSA) is 3.24 Å². The highest BCUT2D eigenvalue weighted by Crippen LogP contribution is 2.19. The lowest BCUT2D eigenvalue weighted by Crippen LogP contribution is -2.33. The van der Waals surface area contributed by atoms with Crippen LogP contribution in [0, 0.1) is 5.41 Å². The third kappa shape index (κ3) is 5.13. The van der Waals surface area contributed by atoms with Crippen molar-refractivity contribution in [3.05, 3.63) is 35.9 Å². The summed E-state index contributed by atoms with van der Waals surface area (Å²) in [4.78, 5) is 2.41. The molecule has 0 spiro atoms. The Bertz CT molecular complexity index is 295. The molecule has 0 aliphatic carbocycles. The number of hydrogen-bond acceptors (Lipinski definition) is 1. The number of nitrogens with zero attached hydrogens (tertiary/aromatic N) is 1. The molecule has 0 aromatic heterocycles. The fraction of sp³-hybridized carbons (Fsp3) is 0.571.